The van der Waals surface area contributed by atoms with Crippen LogP contribution in [0.4, 0.5) is 10.1 Å². The Hall–Kier alpha value is -4.06. The van der Waals surface area contributed by atoms with Crippen molar-refractivity contribution in [2.75, 3.05) is 38.8 Å². The van der Waals surface area contributed by atoms with Gasteiger partial charge in [-0.1, -0.05) is 36.4 Å². The average Bonchev–Trinajstić information content (AvgIpc) is 2.98. The molecular weight excluding hydrogens is 493 g/mol. The van der Waals surface area contributed by atoms with E-state index in [0.29, 0.717) is 30.1 Å². The molecule has 39 heavy (non-hydrogen) atoms. The number of nitrogens with zero attached hydrogens (tertiary/aromatic N) is 1. The van der Waals surface area contributed by atoms with Crippen LogP contribution in [0.5, 0.6) is 17.2 Å². The highest BCUT2D eigenvalue weighted by atomic mass is 19.1. The van der Waals surface area contributed by atoms with E-state index in [2.05, 4.69) is 4.90 Å². The van der Waals surface area contributed by atoms with Crippen molar-refractivity contribution in [3.8, 4) is 17.2 Å². The van der Waals surface area contributed by atoms with Gasteiger partial charge < -0.3 is 19.1 Å². The Morgan fingerprint density at radius 1 is 0.821 bits per heavy atom. The molecule has 1 aliphatic rings. The molecule has 1 heterocycles. The molecule has 0 unspecified atom stereocenters. The first-order chi connectivity index (χ1) is 19.1. The van der Waals surface area contributed by atoms with Crippen molar-refractivity contribution in [1.82, 2.24) is 0 Å². The number of fused-ring (bicyclic) bond motifs is 1. The van der Waals surface area contributed by atoms with Gasteiger partial charge in [0, 0.05) is 42.6 Å². The van der Waals surface area contributed by atoms with E-state index in [4.69, 9.17) is 14.2 Å². The number of Topliss-reactive ketones (excluding diaryl/α,β-unsaturated/α-hetero) is 1. The highest BCUT2D eigenvalue weighted by Gasteiger charge is 2.17. The number of hydrogen-bond donors (Lipinski definition) is 0. The van der Waals surface area contributed by atoms with Gasteiger partial charge in [0.25, 0.3) is 0 Å². The summed E-state index contributed by atoms with van der Waals surface area (Å²) in [6, 6.07) is 22.4. The smallest absolute Gasteiger partial charge is 0.167 e. The molecule has 6 heteroatoms. The van der Waals surface area contributed by atoms with Gasteiger partial charge in [-0.2, -0.15) is 0 Å². The third-order valence-electron chi connectivity index (χ3n) is 7.35. The van der Waals surface area contributed by atoms with Gasteiger partial charge in [-0.25, -0.2) is 4.39 Å². The maximum atomic E-state index is 14.5. The maximum absolute atomic E-state index is 14.5. The molecule has 0 atom stereocenters. The Balaban J connectivity index is 1.31. The normalized spacial score (nSPS) is 13.4. The van der Waals surface area contributed by atoms with E-state index in [1.807, 2.05) is 60.7 Å². The second kappa shape index (κ2) is 12.2. The first-order valence-electron chi connectivity index (χ1n) is 13.5. The fraction of sp³-hybridized carbons (Fsp3) is 0.303. The number of carbonyl (C=O) groups is 1. The molecule has 5 nitrogen and oxygen atoms in total. The summed E-state index contributed by atoms with van der Waals surface area (Å²) in [5.41, 5.74) is 3.18. The van der Waals surface area contributed by atoms with Crippen molar-refractivity contribution in [1.29, 1.82) is 0 Å². The van der Waals surface area contributed by atoms with Crippen molar-refractivity contribution in [3.63, 3.8) is 0 Å². The zero-order chi connectivity index (χ0) is 27.2. The fourth-order valence-corrected chi connectivity index (χ4v) is 5.27. The van der Waals surface area contributed by atoms with Crippen molar-refractivity contribution >= 4 is 22.2 Å². The summed E-state index contributed by atoms with van der Waals surface area (Å²) >= 11 is 0. The van der Waals surface area contributed by atoms with E-state index in [-0.39, 0.29) is 18.0 Å². The number of ether oxygens (including phenoxy) is 3. The van der Waals surface area contributed by atoms with Crippen LogP contribution in [0.15, 0.2) is 72.8 Å². The Kier molecular flexibility index (Phi) is 8.30. The highest BCUT2D eigenvalue weighted by Crippen LogP contribution is 2.31. The summed E-state index contributed by atoms with van der Waals surface area (Å²) in [5, 5.41) is 1.91. The summed E-state index contributed by atoms with van der Waals surface area (Å²) in [4.78, 5) is 15.5. The molecule has 0 saturated carbocycles. The summed E-state index contributed by atoms with van der Waals surface area (Å²) in [7, 11) is 3.24. The molecule has 0 radical (unpaired) electrons. The number of carbonyl (C=O) groups excluding carboxylic acids is 1. The van der Waals surface area contributed by atoms with Crippen molar-refractivity contribution in [2.45, 2.75) is 32.1 Å². The summed E-state index contributed by atoms with van der Waals surface area (Å²) in [5.74, 6) is 1.68. The van der Waals surface area contributed by atoms with Gasteiger partial charge in [0.2, 0.25) is 0 Å². The summed E-state index contributed by atoms with van der Waals surface area (Å²) < 4.78 is 31.4. The molecule has 4 aromatic carbocycles. The lowest BCUT2D eigenvalue weighted by Gasteiger charge is -2.29. The Labute approximate surface area is 229 Å². The van der Waals surface area contributed by atoms with Crippen molar-refractivity contribution in [3.05, 3.63) is 95.3 Å². The number of hydrogen-bond acceptors (Lipinski definition) is 5. The molecule has 4 aromatic rings. The number of halogens is 1. The molecule has 0 amide bonds. The second-order valence-electron chi connectivity index (χ2n) is 9.90. The van der Waals surface area contributed by atoms with Crippen molar-refractivity contribution in [2.24, 2.45) is 0 Å². The third-order valence-corrected chi connectivity index (χ3v) is 7.35. The van der Waals surface area contributed by atoms with E-state index in [1.54, 1.807) is 14.2 Å². The average molecular weight is 528 g/mol. The lowest BCUT2D eigenvalue weighted by molar-refractivity contribution is 0.0993. The van der Waals surface area contributed by atoms with Crippen LogP contribution >= 0.6 is 0 Å². The lowest BCUT2D eigenvalue weighted by Crippen LogP contribution is -2.29. The van der Waals surface area contributed by atoms with Crippen LogP contribution in [0.2, 0.25) is 0 Å². The van der Waals surface area contributed by atoms with Crippen LogP contribution in [0.25, 0.3) is 10.8 Å². The topological polar surface area (TPSA) is 48.0 Å². The molecule has 0 N–H and O–H groups in total. The van der Waals surface area contributed by atoms with Gasteiger partial charge in [-0.3, -0.25) is 4.79 Å². The van der Waals surface area contributed by atoms with E-state index in [1.165, 1.54) is 18.6 Å². The monoisotopic (exact) mass is 527 g/mol. The van der Waals surface area contributed by atoms with E-state index in [0.717, 1.165) is 59.3 Å². The molecule has 202 valence electrons. The SMILES string of the molecule is COc1ccc(CCOc2ccc(CC(=O)c3cc(F)cc(N4CCCCC4)c3)c3ccccc23)cc1OC. The fourth-order valence-electron chi connectivity index (χ4n) is 5.27. The second-order valence-corrected chi connectivity index (χ2v) is 9.90. The number of piperidine rings is 1. The van der Waals surface area contributed by atoms with Gasteiger partial charge in [0.05, 0.1) is 20.8 Å². The molecule has 1 saturated heterocycles. The molecule has 0 bridgehead atoms. The van der Waals surface area contributed by atoms with E-state index in [9.17, 15) is 9.18 Å². The zero-order valence-corrected chi connectivity index (χ0v) is 22.5. The molecule has 1 fully saturated rings. The number of methoxy groups -OCH3 is 2. The molecule has 0 aromatic heterocycles. The van der Waals surface area contributed by atoms with Crippen LogP contribution in [0, 0.1) is 5.82 Å². The first kappa shape index (κ1) is 26.5. The van der Waals surface area contributed by atoms with Gasteiger partial charge in [-0.15, -0.1) is 0 Å². The Morgan fingerprint density at radius 3 is 2.33 bits per heavy atom. The van der Waals surface area contributed by atoms with Crippen LogP contribution in [0.1, 0.15) is 40.7 Å². The largest absolute Gasteiger partial charge is 0.493 e. The molecule has 5 rings (SSSR count). The third kappa shape index (κ3) is 6.17. The number of benzene rings is 4. The predicted molar refractivity (Wildman–Crippen MR) is 153 cm³/mol. The molecule has 0 spiro atoms. The minimum atomic E-state index is -0.371. The Bertz CT molecular complexity index is 1460. The molecular formula is C33H34FNO4. The predicted octanol–water partition coefficient (Wildman–Crippen LogP) is 7.03. The minimum absolute atomic E-state index is 0.0972. The standard InChI is InChI=1S/C33H34FNO4/c1-37-32-12-10-23(18-33(32)38-2)14-17-39-31-13-11-24(28-8-4-5-9-29(28)31)21-30(36)25-19-26(34)22-27(20-25)35-15-6-3-7-16-35/h4-5,8-13,18-20,22H,3,6-7,14-17,21H2,1-2H3. The van der Waals surface area contributed by atoms with Crippen LogP contribution in [-0.4, -0.2) is 39.7 Å². The maximum Gasteiger partial charge on any atom is 0.167 e. The highest BCUT2D eigenvalue weighted by molar-refractivity contribution is 6.01. The van der Waals surface area contributed by atoms with Gasteiger partial charge in [0.1, 0.15) is 11.6 Å². The molecule has 0 aliphatic carbocycles. The van der Waals surface area contributed by atoms with Gasteiger partial charge in [0.15, 0.2) is 17.3 Å². The van der Waals surface area contributed by atoms with Gasteiger partial charge >= 0.3 is 0 Å². The van der Waals surface area contributed by atoms with Crippen LogP contribution in [-0.2, 0) is 12.8 Å². The van der Waals surface area contributed by atoms with E-state index >= 15 is 0 Å². The first-order valence-corrected chi connectivity index (χ1v) is 13.5. The van der Waals surface area contributed by atoms with E-state index < -0.39 is 0 Å². The van der Waals surface area contributed by atoms with Crippen LogP contribution in [0.3, 0.4) is 0 Å². The lowest BCUT2D eigenvalue weighted by atomic mass is 9.96. The van der Waals surface area contributed by atoms with Crippen LogP contribution < -0.4 is 19.1 Å². The molecule has 1 aliphatic heterocycles. The number of anilines is 1. The summed E-state index contributed by atoms with van der Waals surface area (Å²) in [6.07, 6.45) is 4.27. The zero-order valence-electron chi connectivity index (χ0n) is 22.5. The number of rotatable bonds is 10. The Morgan fingerprint density at radius 2 is 1.56 bits per heavy atom. The summed E-state index contributed by atoms with van der Waals surface area (Å²) in [6.45, 7) is 2.28. The number of ketones is 1. The minimum Gasteiger partial charge on any atom is -0.493 e. The van der Waals surface area contributed by atoms with Gasteiger partial charge in [-0.05, 0) is 72.2 Å². The quantitative estimate of drug-likeness (QED) is 0.207. The van der Waals surface area contributed by atoms with Crippen molar-refractivity contribution < 1.29 is 23.4 Å².